The second kappa shape index (κ2) is 5.62. The van der Waals surface area contributed by atoms with E-state index in [-0.39, 0.29) is 36.2 Å². The van der Waals surface area contributed by atoms with Gasteiger partial charge in [-0.25, -0.2) is 4.79 Å². The molecule has 1 atom stereocenters. The number of phenolic OH excluding ortho intramolecular Hbond substituents is 2. The van der Waals surface area contributed by atoms with Crippen LogP contribution in [0.5, 0.6) is 23.0 Å². The van der Waals surface area contributed by atoms with Gasteiger partial charge in [-0.15, -0.1) is 0 Å². The monoisotopic (exact) mass is 342 g/mol. The minimum atomic E-state index is -0.836. The number of carbonyl (C=O) groups excluding carboxylic acids is 1. The number of aliphatic hydroxyl groups excluding tert-OH is 1. The van der Waals surface area contributed by atoms with Crippen LogP contribution >= 0.6 is 0 Å². The minimum Gasteiger partial charge on any atom is -0.508 e. The van der Waals surface area contributed by atoms with Gasteiger partial charge >= 0.3 is 5.97 Å². The Morgan fingerprint density at radius 1 is 0.960 bits per heavy atom. The van der Waals surface area contributed by atoms with Crippen LogP contribution < -0.4 is 9.47 Å². The van der Waals surface area contributed by atoms with Gasteiger partial charge in [0.25, 0.3) is 0 Å². The van der Waals surface area contributed by atoms with Crippen LogP contribution in [-0.4, -0.2) is 34.7 Å². The third-order valence-corrected chi connectivity index (χ3v) is 4.20. The Bertz CT molecular complexity index is 900. The highest BCUT2D eigenvalue weighted by Crippen LogP contribution is 2.46. The van der Waals surface area contributed by atoms with Crippen molar-refractivity contribution in [2.75, 3.05) is 13.4 Å². The van der Waals surface area contributed by atoms with E-state index in [0.29, 0.717) is 22.6 Å². The summed E-state index contributed by atoms with van der Waals surface area (Å²) < 4.78 is 15.5. The fraction of sp³-hybridized carbons (Fsp3) is 0.167. The molecule has 0 aliphatic carbocycles. The van der Waals surface area contributed by atoms with Gasteiger partial charge in [0.2, 0.25) is 6.79 Å². The number of aliphatic hydroxyl groups is 1. The number of hydrogen-bond acceptors (Lipinski definition) is 7. The van der Waals surface area contributed by atoms with Crippen LogP contribution in [-0.2, 0) is 9.53 Å². The van der Waals surface area contributed by atoms with E-state index in [9.17, 15) is 20.1 Å². The number of aromatic hydroxyl groups is 2. The molecule has 0 radical (unpaired) electrons. The van der Waals surface area contributed by atoms with Crippen LogP contribution in [0.2, 0.25) is 0 Å². The first-order valence-electron chi connectivity index (χ1n) is 7.55. The molecule has 7 nitrogen and oxygen atoms in total. The summed E-state index contributed by atoms with van der Waals surface area (Å²) in [5, 5.41) is 30.4. The predicted molar refractivity (Wildman–Crippen MR) is 84.8 cm³/mol. The van der Waals surface area contributed by atoms with Crippen molar-refractivity contribution in [2.24, 2.45) is 0 Å². The van der Waals surface area contributed by atoms with E-state index in [4.69, 9.17) is 14.2 Å². The SMILES string of the molecule is O=C1OCC(O)=C1C(c1cccc(O)c1)c1cc2c(cc1O)OCO2. The number of ether oxygens (including phenoxy) is 3. The fourth-order valence-electron chi connectivity index (χ4n) is 3.08. The summed E-state index contributed by atoms with van der Waals surface area (Å²) in [5.74, 6) is -1.05. The van der Waals surface area contributed by atoms with Gasteiger partial charge < -0.3 is 29.5 Å². The highest BCUT2D eigenvalue weighted by atomic mass is 16.7. The van der Waals surface area contributed by atoms with Gasteiger partial charge in [-0.2, -0.15) is 0 Å². The maximum Gasteiger partial charge on any atom is 0.338 e. The first-order chi connectivity index (χ1) is 12.0. The lowest BCUT2D eigenvalue weighted by atomic mass is 9.83. The fourth-order valence-corrected chi connectivity index (χ4v) is 3.08. The molecule has 3 N–H and O–H groups in total. The maximum atomic E-state index is 12.2. The molecule has 0 amide bonds. The van der Waals surface area contributed by atoms with Crippen molar-refractivity contribution in [3.63, 3.8) is 0 Å². The molecule has 0 bridgehead atoms. The Morgan fingerprint density at radius 2 is 1.72 bits per heavy atom. The number of rotatable bonds is 3. The van der Waals surface area contributed by atoms with Gasteiger partial charge in [0.15, 0.2) is 11.5 Å². The third-order valence-electron chi connectivity index (χ3n) is 4.20. The first kappa shape index (κ1) is 15.2. The number of cyclic esters (lactones) is 1. The van der Waals surface area contributed by atoms with Crippen molar-refractivity contribution < 1.29 is 34.3 Å². The van der Waals surface area contributed by atoms with Gasteiger partial charge in [0.1, 0.15) is 23.9 Å². The molecule has 128 valence electrons. The molecule has 2 aromatic carbocycles. The standard InChI is InChI=1S/C18H14O7/c19-10-3-1-2-9(4-10)16(17-13(21)7-23-18(17)22)11-5-14-15(6-12(11)20)25-8-24-14/h1-6,16,19-21H,7-8H2. The molecule has 4 rings (SSSR count). The smallest absolute Gasteiger partial charge is 0.338 e. The zero-order chi connectivity index (χ0) is 17.6. The third kappa shape index (κ3) is 2.50. The summed E-state index contributed by atoms with van der Waals surface area (Å²) >= 11 is 0. The van der Waals surface area contributed by atoms with Gasteiger partial charge in [0.05, 0.1) is 5.57 Å². The number of fused-ring (bicyclic) bond motifs is 1. The molecular formula is C18H14O7. The van der Waals surface area contributed by atoms with Crippen LogP contribution in [0.15, 0.2) is 47.7 Å². The van der Waals surface area contributed by atoms with Crippen molar-refractivity contribution in [3.8, 4) is 23.0 Å². The van der Waals surface area contributed by atoms with E-state index >= 15 is 0 Å². The van der Waals surface area contributed by atoms with Crippen LogP contribution in [0, 0.1) is 0 Å². The summed E-state index contributed by atoms with van der Waals surface area (Å²) in [6.45, 7) is -0.195. The van der Waals surface area contributed by atoms with E-state index in [0.717, 1.165) is 0 Å². The van der Waals surface area contributed by atoms with Crippen LogP contribution in [0.3, 0.4) is 0 Å². The summed E-state index contributed by atoms with van der Waals surface area (Å²) in [4.78, 5) is 12.2. The van der Waals surface area contributed by atoms with Crippen molar-refractivity contribution >= 4 is 5.97 Å². The molecule has 1 unspecified atom stereocenters. The predicted octanol–water partition coefficient (Wildman–Crippen LogP) is 2.33. The maximum absolute atomic E-state index is 12.2. The van der Waals surface area contributed by atoms with Crippen molar-refractivity contribution in [1.82, 2.24) is 0 Å². The molecule has 25 heavy (non-hydrogen) atoms. The van der Waals surface area contributed by atoms with Crippen molar-refractivity contribution in [1.29, 1.82) is 0 Å². The van der Waals surface area contributed by atoms with Crippen LogP contribution in [0.25, 0.3) is 0 Å². The van der Waals surface area contributed by atoms with E-state index < -0.39 is 11.9 Å². The number of esters is 1. The molecule has 0 saturated carbocycles. The largest absolute Gasteiger partial charge is 0.508 e. The van der Waals surface area contributed by atoms with E-state index in [2.05, 4.69) is 0 Å². The van der Waals surface area contributed by atoms with Gasteiger partial charge in [0, 0.05) is 17.5 Å². The Hall–Kier alpha value is -3.35. The summed E-state index contributed by atoms with van der Waals surface area (Å²) in [5.41, 5.74) is 0.851. The lowest BCUT2D eigenvalue weighted by molar-refractivity contribution is -0.136. The normalized spacial score (nSPS) is 16.9. The van der Waals surface area contributed by atoms with E-state index in [1.165, 1.54) is 18.2 Å². The average molecular weight is 342 g/mol. The van der Waals surface area contributed by atoms with Gasteiger partial charge in [-0.05, 0) is 23.8 Å². The Balaban J connectivity index is 1.93. The number of benzene rings is 2. The molecular weight excluding hydrogens is 328 g/mol. The first-order valence-corrected chi connectivity index (χ1v) is 7.55. The quantitative estimate of drug-likeness (QED) is 0.735. The topological polar surface area (TPSA) is 105 Å². The molecule has 2 aromatic rings. The molecule has 0 saturated heterocycles. The molecule has 2 heterocycles. The molecule has 0 fully saturated rings. The average Bonchev–Trinajstić information content (AvgIpc) is 3.16. The van der Waals surface area contributed by atoms with Gasteiger partial charge in [-0.3, -0.25) is 0 Å². The van der Waals surface area contributed by atoms with E-state index in [1.807, 2.05) is 0 Å². The lowest BCUT2D eigenvalue weighted by Gasteiger charge is -2.20. The second-order valence-corrected chi connectivity index (χ2v) is 5.73. The molecule has 7 heteroatoms. The zero-order valence-electron chi connectivity index (χ0n) is 12.9. The highest BCUT2D eigenvalue weighted by Gasteiger charge is 2.36. The van der Waals surface area contributed by atoms with Crippen LogP contribution in [0.1, 0.15) is 17.0 Å². The Labute approximate surface area is 142 Å². The second-order valence-electron chi connectivity index (χ2n) is 5.73. The number of hydrogen-bond donors (Lipinski definition) is 3. The number of phenols is 2. The van der Waals surface area contributed by atoms with Crippen LogP contribution in [0.4, 0.5) is 0 Å². The Kier molecular flexibility index (Phi) is 3.42. The summed E-state index contributed by atoms with van der Waals surface area (Å²) in [6, 6.07) is 9.19. The number of carbonyl (C=O) groups is 1. The van der Waals surface area contributed by atoms with E-state index in [1.54, 1.807) is 18.2 Å². The molecule has 2 aliphatic heterocycles. The van der Waals surface area contributed by atoms with Crippen molar-refractivity contribution in [2.45, 2.75) is 5.92 Å². The molecule has 2 aliphatic rings. The highest BCUT2D eigenvalue weighted by molar-refractivity contribution is 5.94. The lowest BCUT2D eigenvalue weighted by Crippen LogP contribution is -2.12. The molecule has 0 aromatic heterocycles. The van der Waals surface area contributed by atoms with Crippen molar-refractivity contribution in [3.05, 3.63) is 58.9 Å². The zero-order valence-corrected chi connectivity index (χ0v) is 12.9. The van der Waals surface area contributed by atoms with Gasteiger partial charge in [-0.1, -0.05) is 12.1 Å². The Morgan fingerprint density at radius 3 is 2.40 bits per heavy atom. The molecule has 0 spiro atoms. The minimum absolute atomic E-state index is 0.00538. The summed E-state index contributed by atoms with van der Waals surface area (Å²) in [6.07, 6.45) is 0. The summed E-state index contributed by atoms with van der Waals surface area (Å²) in [7, 11) is 0.